The third kappa shape index (κ3) is 3.28. The van der Waals surface area contributed by atoms with Crippen molar-refractivity contribution in [2.75, 3.05) is 19.0 Å². The van der Waals surface area contributed by atoms with Gasteiger partial charge in [-0.2, -0.15) is 4.98 Å². The van der Waals surface area contributed by atoms with Crippen LogP contribution in [0.1, 0.15) is 6.92 Å². The lowest BCUT2D eigenvalue weighted by atomic mass is 10.3. The van der Waals surface area contributed by atoms with Gasteiger partial charge in [0.05, 0.1) is 11.5 Å². The van der Waals surface area contributed by atoms with Gasteiger partial charge >= 0.3 is 5.69 Å². The standard InChI is InChI=1S/C8H11ClN4O3/c1-5(4-16-2)11-7-6(13(14)15)3-10-8(9)12-7/h3,5H,4H2,1-2H3,(H,10,11,12)/t5-/m0/s1. The lowest BCUT2D eigenvalue weighted by Gasteiger charge is -2.12. The van der Waals surface area contributed by atoms with Crippen LogP contribution in [-0.2, 0) is 4.74 Å². The number of anilines is 1. The van der Waals surface area contributed by atoms with E-state index in [1.165, 1.54) is 0 Å². The minimum absolute atomic E-state index is 0.0438. The first-order valence-electron chi connectivity index (χ1n) is 4.47. The van der Waals surface area contributed by atoms with Crippen LogP contribution < -0.4 is 5.32 Å². The molecule has 0 aliphatic carbocycles. The highest BCUT2D eigenvalue weighted by atomic mass is 35.5. The molecular formula is C8H11ClN4O3. The summed E-state index contributed by atoms with van der Waals surface area (Å²) < 4.78 is 4.90. The highest BCUT2D eigenvalue weighted by molar-refractivity contribution is 6.28. The summed E-state index contributed by atoms with van der Waals surface area (Å²) in [6, 6.07) is -0.116. The van der Waals surface area contributed by atoms with Gasteiger partial charge in [-0.1, -0.05) is 0 Å². The molecule has 1 heterocycles. The first-order chi connectivity index (χ1) is 7.54. The van der Waals surface area contributed by atoms with E-state index in [2.05, 4.69) is 15.3 Å². The van der Waals surface area contributed by atoms with Crippen LogP contribution in [-0.4, -0.2) is 34.6 Å². The first kappa shape index (κ1) is 12.6. The van der Waals surface area contributed by atoms with Crippen LogP contribution in [0.2, 0.25) is 5.28 Å². The van der Waals surface area contributed by atoms with Gasteiger partial charge in [0.1, 0.15) is 6.20 Å². The minimum Gasteiger partial charge on any atom is -0.383 e. The number of hydrogen-bond acceptors (Lipinski definition) is 6. The Bertz CT molecular complexity index is 388. The fourth-order valence-corrected chi connectivity index (χ4v) is 1.25. The predicted molar refractivity (Wildman–Crippen MR) is 58.7 cm³/mol. The second-order valence-electron chi connectivity index (χ2n) is 3.13. The van der Waals surface area contributed by atoms with Crippen LogP contribution in [0, 0.1) is 10.1 Å². The maximum atomic E-state index is 10.7. The van der Waals surface area contributed by atoms with Crippen molar-refractivity contribution in [2.45, 2.75) is 13.0 Å². The Morgan fingerprint density at radius 2 is 2.44 bits per heavy atom. The summed E-state index contributed by atoms with van der Waals surface area (Å²) in [5.74, 6) is 0.0922. The molecule has 1 atom stereocenters. The van der Waals surface area contributed by atoms with E-state index < -0.39 is 4.92 Å². The molecule has 0 saturated carbocycles. The van der Waals surface area contributed by atoms with E-state index in [9.17, 15) is 10.1 Å². The predicted octanol–water partition coefficient (Wildman–Crippen LogP) is 1.48. The third-order valence-electron chi connectivity index (χ3n) is 1.74. The van der Waals surface area contributed by atoms with Gasteiger partial charge in [-0.15, -0.1) is 0 Å². The Labute approximate surface area is 97.0 Å². The second kappa shape index (κ2) is 5.57. The van der Waals surface area contributed by atoms with Crippen LogP contribution in [0.4, 0.5) is 11.5 Å². The van der Waals surface area contributed by atoms with Crippen LogP contribution in [0.3, 0.4) is 0 Å². The van der Waals surface area contributed by atoms with E-state index in [0.717, 1.165) is 6.20 Å². The molecule has 1 aromatic rings. The number of hydrogen-bond donors (Lipinski definition) is 1. The number of ether oxygens (including phenoxy) is 1. The van der Waals surface area contributed by atoms with Gasteiger partial charge in [-0.25, -0.2) is 4.98 Å². The summed E-state index contributed by atoms with van der Waals surface area (Å²) in [6.45, 7) is 2.21. The van der Waals surface area contributed by atoms with Crippen LogP contribution >= 0.6 is 11.6 Å². The Morgan fingerprint density at radius 3 is 3.00 bits per heavy atom. The summed E-state index contributed by atoms with van der Waals surface area (Å²) in [5, 5.41) is 13.5. The fraction of sp³-hybridized carbons (Fsp3) is 0.500. The topological polar surface area (TPSA) is 90.2 Å². The first-order valence-corrected chi connectivity index (χ1v) is 4.84. The van der Waals surface area contributed by atoms with Crippen LogP contribution in [0.15, 0.2) is 6.20 Å². The van der Waals surface area contributed by atoms with E-state index in [0.29, 0.717) is 6.61 Å². The smallest absolute Gasteiger partial charge is 0.329 e. The molecule has 0 saturated heterocycles. The summed E-state index contributed by atoms with van der Waals surface area (Å²) >= 11 is 5.57. The molecule has 8 heteroatoms. The number of aromatic nitrogens is 2. The molecule has 16 heavy (non-hydrogen) atoms. The Hall–Kier alpha value is -1.47. The highest BCUT2D eigenvalue weighted by Gasteiger charge is 2.18. The van der Waals surface area contributed by atoms with Gasteiger partial charge in [0.2, 0.25) is 11.1 Å². The molecule has 0 aliphatic heterocycles. The van der Waals surface area contributed by atoms with Crippen LogP contribution in [0.5, 0.6) is 0 Å². The summed E-state index contributed by atoms with van der Waals surface area (Å²) in [5.41, 5.74) is -0.215. The molecule has 0 unspecified atom stereocenters. The zero-order valence-electron chi connectivity index (χ0n) is 8.81. The van der Waals surface area contributed by atoms with E-state index in [1.54, 1.807) is 7.11 Å². The number of methoxy groups -OCH3 is 1. The molecule has 0 aromatic carbocycles. The van der Waals surface area contributed by atoms with Crippen molar-refractivity contribution in [3.8, 4) is 0 Å². The lowest BCUT2D eigenvalue weighted by molar-refractivity contribution is -0.384. The van der Waals surface area contributed by atoms with E-state index >= 15 is 0 Å². The molecule has 0 radical (unpaired) electrons. The van der Waals surface area contributed by atoms with Gasteiger partial charge < -0.3 is 10.1 Å². The van der Waals surface area contributed by atoms with Crippen molar-refractivity contribution in [3.63, 3.8) is 0 Å². The number of halogens is 1. The molecule has 1 aromatic heterocycles. The molecule has 0 aliphatic rings. The molecule has 1 rings (SSSR count). The van der Waals surface area contributed by atoms with Crippen molar-refractivity contribution < 1.29 is 9.66 Å². The second-order valence-corrected chi connectivity index (χ2v) is 3.47. The van der Waals surface area contributed by atoms with Crippen molar-refractivity contribution in [3.05, 3.63) is 21.6 Å². The quantitative estimate of drug-likeness (QED) is 0.481. The number of nitrogens with one attached hydrogen (secondary N) is 1. The molecule has 1 N–H and O–H groups in total. The van der Waals surface area contributed by atoms with Gasteiger partial charge in [-0.3, -0.25) is 10.1 Å². The van der Waals surface area contributed by atoms with Crippen molar-refractivity contribution in [1.29, 1.82) is 0 Å². The monoisotopic (exact) mass is 246 g/mol. The van der Waals surface area contributed by atoms with E-state index in [4.69, 9.17) is 16.3 Å². The van der Waals surface area contributed by atoms with Crippen molar-refractivity contribution >= 4 is 23.1 Å². The van der Waals surface area contributed by atoms with Gasteiger partial charge in [-0.05, 0) is 18.5 Å². The fourth-order valence-electron chi connectivity index (χ4n) is 1.12. The maximum Gasteiger partial charge on any atom is 0.329 e. The average Bonchev–Trinajstić information content (AvgIpc) is 2.17. The summed E-state index contributed by atoms with van der Waals surface area (Å²) in [7, 11) is 1.54. The summed E-state index contributed by atoms with van der Waals surface area (Å²) in [6.07, 6.45) is 1.07. The SMILES string of the molecule is COC[C@H](C)Nc1nc(Cl)ncc1[N+](=O)[O-]. The Kier molecular flexibility index (Phi) is 4.39. The normalized spacial score (nSPS) is 12.2. The largest absolute Gasteiger partial charge is 0.383 e. The van der Waals surface area contributed by atoms with Gasteiger partial charge in [0.25, 0.3) is 0 Å². The number of nitrogens with zero attached hydrogens (tertiary/aromatic N) is 3. The maximum absolute atomic E-state index is 10.7. The molecule has 7 nitrogen and oxygen atoms in total. The molecule has 0 fully saturated rings. The summed E-state index contributed by atoms with van der Waals surface area (Å²) in [4.78, 5) is 17.4. The van der Waals surface area contributed by atoms with Crippen LogP contribution in [0.25, 0.3) is 0 Å². The molecule has 0 spiro atoms. The molecular weight excluding hydrogens is 236 g/mol. The highest BCUT2D eigenvalue weighted by Crippen LogP contribution is 2.22. The van der Waals surface area contributed by atoms with E-state index in [-0.39, 0.29) is 22.8 Å². The Balaban J connectivity index is 2.92. The average molecular weight is 247 g/mol. The molecule has 0 bridgehead atoms. The lowest BCUT2D eigenvalue weighted by Crippen LogP contribution is -2.22. The van der Waals surface area contributed by atoms with Gasteiger partial charge in [0.15, 0.2) is 0 Å². The van der Waals surface area contributed by atoms with Gasteiger partial charge in [0, 0.05) is 13.2 Å². The van der Waals surface area contributed by atoms with E-state index in [1.807, 2.05) is 6.92 Å². The Morgan fingerprint density at radius 1 is 1.75 bits per heavy atom. The zero-order chi connectivity index (χ0) is 12.1. The van der Waals surface area contributed by atoms with Crippen molar-refractivity contribution in [1.82, 2.24) is 9.97 Å². The minimum atomic E-state index is -0.571. The van der Waals surface area contributed by atoms with Crippen molar-refractivity contribution in [2.24, 2.45) is 0 Å². The number of rotatable bonds is 5. The number of nitro groups is 1. The third-order valence-corrected chi connectivity index (χ3v) is 1.92. The zero-order valence-corrected chi connectivity index (χ0v) is 9.56. The molecule has 0 amide bonds. The molecule has 88 valence electrons.